The van der Waals surface area contributed by atoms with Crippen LogP contribution >= 0.6 is 0 Å². The van der Waals surface area contributed by atoms with E-state index in [1.165, 1.54) is 49.4 Å². The molecular weight excluding hydrogens is 749 g/mol. The number of pyridine rings is 1. The molecule has 13 nitrogen and oxygen atoms in total. The van der Waals surface area contributed by atoms with Gasteiger partial charge in [0.15, 0.2) is 23.1 Å². The van der Waals surface area contributed by atoms with E-state index in [-0.39, 0.29) is 74.7 Å². The zero-order chi connectivity index (χ0) is 39.4. The molecule has 0 fully saturated rings. The first kappa shape index (κ1) is 40.1. The third-order valence-corrected chi connectivity index (χ3v) is 11.8. The van der Waals surface area contributed by atoms with Crippen molar-refractivity contribution in [2.24, 2.45) is 0 Å². The van der Waals surface area contributed by atoms with Crippen LogP contribution in [0.25, 0.3) is 22.2 Å². The third-order valence-electron chi connectivity index (χ3n) is 8.31. The van der Waals surface area contributed by atoms with Gasteiger partial charge < -0.3 is 20.1 Å². The van der Waals surface area contributed by atoms with Crippen LogP contribution in [0.3, 0.4) is 0 Å². The van der Waals surface area contributed by atoms with Gasteiger partial charge in [0.25, 0.3) is 15.9 Å². The van der Waals surface area contributed by atoms with Gasteiger partial charge in [-0.05, 0) is 41.9 Å². The van der Waals surface area contributed by atoms with Crippen LogP contribution in [0.2, 0.25) is 25.7 Å². The predicted octanol–water partition coefficient (Wildman–Crippen LogP) is 6.25. The van der Waals surface area contributed by atoms with Crippen molar-refractivity contribution >= 4 is 46.5 Å². The average molecular weight is 789 g/mol. The quantitative estimate of drug-likeness (QED) is 0.0708. The number of nitrogens with one attached hydrogen (secondary N) is 2. The van der Waals surface area contributed by atoms with E-state index in [2.05, 4.69) is 50.3 Å². The van der Waals surface area contributed by atoms with Gasteiger partial charge in [0.1, 0.15) is 18.2 Å². The highest BCUT2D eigenvalue weighted by Crippen LogP contribution is 2.37. The van der Waals surface area contributed by atoms with Crippen molar-refractivity contribution in [3.8, 4) is 17.0 Å². The molecule has 0 saturated heterocycles. The minimum atomic E-state index is -4.67. The van der Waals surface area contributed by atoms with Crippen LogP contribution in [0.15, 0.2) is 65.8 Å². The molecule has 0 aliphatic heterocycles. The van der Waals surface area contributed by atoms with Gasteiger partial charge in [-0.3, -0.25) is 14.1 Å². The maximum absolute atomic E-state index is 15.2. The average Bonchev–Trinajstić information content (AvgIpc) is 3.50. The summed E-state index contributed by atoms with van der Waals surface area (Å²) >= 11 is 0. The van der Waals surface area contributed by atoms with Crippen molar-refractivity contribution in [1.29, 1.82) is 0 Å². The number of alkyl halides is 3. The Bertz CT molecular complexity index is 2250. The Balaban J connectivity index is 1.67. The lowest BCUT2D eigenvalue weighted by Gasteiger charge is -2.21. The molecule has 54 heavy (non-hydrogen) atoms. The van der Waals surface area contributed by atoms with Crippen molar-refractivity contribution in [2.75, 3.05) is 37.4 Å². The highest BCUT2D eigenvalue weighted by Gasteiger charge is 2.32. The Morgan fingerprint density at radius 2 is 1.76 bits per heavy atom. The molecule has 1 amide bonds. The number of fused-ring (bicyclic) bond motifs is 1. The molecule has 2 aromatic carbocycles. The Morgan fingerprint density at radius 1 is 1.06 bits per heavy atom. The molecule has 0 bridgehead atoms. The van der Waals surface area contributed by atoms with E-state index < -0.39 is 42.4 Å². The number of carbonyl (C=O) groups excluding carboxylic acids is 1. The number of anilines is 2. The Morgan fingerprint density at radius 3 is 2.41 bits per heavy atom. The minimum absolute atomic E-state index is 0.0178. The van der Waals surface area contributed by atoms with E-state index in [1.807, 2.05) is 0 Å². The van der Waals surface area contributed by atoms with Gasteiger partial charge in [-0.2, -0.15) is 18.3 Å². The fourth-order valence-corrected chi connectivity index (χ4v) is 7.45. The first-order valence-electron chi connectivity index (χ1n) is 16.7. The highest BCUT2D eigenvalue weighted by atomic mass is 32.2. The minimum Gasteiger partial charge on any atom is -0.494 e. The molecular formula is C35H40F4N8O5SSi. The zero-order valence-corrected chi connectivity index (χ0v) is 32.3. The molecule has 3 heterocycles. The number of sulfonamides is 1. The van der Waals surface area contributed by atoms with E-state index in [9.17, 15) is 26.4 Å². The van der Waals surface area contributed by atoms with Gasteiger partial charge in [-0.15, -0.1) is 0 Å². The molecule has 0 aliphatic rings. The molecule has 3 aromatic heterocycles. The molecule has 0 radical (unpaired) electrons. The van der Waals surface area contributed by atoms with Crippen LogP contribution in [0, 0.1) is 5.82 Å². The smallest absolute Gasteiger partial charge is 0.393 e. The number of rotatable bonds is 15. The number of halogens is 4. The van der Waals surface area contributed by atoms with Crippen molar-refractivity contribution in [3.05, 3.63) is 83.7 Å². The van der Waals surface area contributed by atoms with E-state index in [4.69, 9.17) is 9.47 Å². The van der Waals surface area contributed by atoms with Crippen LogP contribution in [-0.2, 0) is 34.5 Å². The molecule has 5 rings (SSSR count). The lowest BCUT2D eigenvalue weighted by molar-refractivity contribution is -0.127. The second kappa shape index (κ2) is 16.1. The summed E-state index contributed by atoms with van der Waals surface area (Å²) in [6.45, 7) is 6.60. The summed E-state index contributed by atoms with van der Waals surface area (Å²) in [4.78, 5) is 26.5. The van der Waals surface area contributed by atoms with Crippen molar-refractivity contribution in [2.45, 2.75) is 56.5 Å². The van der Waals surface area contributed by atoms with Crippen LogP contribution in [-0.4, -0.2) is 81.1 Å². The number of benzene rings is 2. The number of methoxy groups -OCH3 is 1. The summed E-state index contributed by atoms with van der Waals surface area (Å²) in [5.74, 6) is -1.96. The molecule has 0 aliphatic carbocycles. The van der Waals surface area contributed by atoms with Gasteiger partial charge in [0.2, 0.25) is 0 Å². The lowest BCUT2D eigenvalue weighted by Crippen LogP contribution is -2.29. The topological polar surface area (TPSA) is 153 Å². The van der Waals surface area contributed by atoms with E-state index in [0.717, 1.165) is 29.6 Å². The molecule has 0 atom stereocenters. The molecule has 19 heteroatoms. The van der Waals surface area contributed by atoms with Crippen LogP contribution < -0.4 is 19.7 Å². The van der Waals surface area contributed by atoms with Crippen molar-refractivity contribution in [3.63, 3.8) is 0 Å². The number of hydrogen-bond donors (Lipinski definition) is 2. The fraction of sp³-hybridized carbons (Fsp3) is 0.343. The molecule has 5 aromatic rings. The third kappa shape index (κ3) is 9.14. The summed E-state index contributed by atoms with van der Waals surface area (Å²) < 4.78 is 97.1. The maximum atomic E-state index is 15.2. The van der Waals surface area contributed by atoms with Crippen molar-refractivity contribution in [1.82, 2.24) is 30.0 Å². The number of carbonyl (C=O) groups is 1. The van der Waals surface area contributed by atoms with Gasteiger partial charge in [-0.1, -0.05) is 37.8 Å². The molecule has 2 N–H and O–H groups in total. The molecule has 0 spiro atoms. The van der Waals surface area contributed by atoms with Gasteiger partial charge >= 0.3 is 6.18 Å². The van der Waals surface area contributed by atoms with Crippen LogP contribution in [0.1, 0.15) is 21.7 Å². The second-order valence-electron chi connectivity index (χ2n) is 13.4. The summed E-state index contributed by atoms with van der Waals surface area (Å²) in [7, 11) is -1.68. The standard InChI is InChI=1S/C35H40F4N8O5SSi/c1-40-34(48)31-30-28(47(45-31)21-52-14-15-54(4,5)6)18-26(24-17-25(36)29(51-3)16-22(24)19-35(37,38)39)44-32(30)43-20-27-33(42-13-12-41-27)46(2)53(49,50)23-10-8-7-9-11-23/h7-13,16-18H,14-15,19-21H2,1-6H3,(H,40,48)(H,43,44). The number of amides is 1. The Hall–Kier alpha value is -5.14. The van der Waals surface area contributed by atoms with Crippen LogP contribution in [0.5, 0.6) is 5.75 Å². The maximum Gasteiger partial charge on any atom is 0.393 e. The zero-order valence-electron chi connectivity index (χ0n) is 30.5. The first-order valence-corrected chi connectivity index (χ1v) is 21.8. The highest BCUT2D eigenvalue weighted by molar-refractivity contribution is 7.92. The number of ether oxygens (including phenoxy) is 2. The summed E-state index contributed by atoms with van der Waals surface area (Å²) in [5.41, 5.74) is -0.268. The Labute approximate surface area is 310 Å². The molecule has 0 unspecified atom stereocenters. The van der Waals surface area contributed by atoms with E-state index in [0.29, 0.717) is 6.61 Å². The summed E-state index contributed by atoms with van der Waals surface area (Å²) in [6.07, 6.45) is -3.41. The molecule has 0 saturated carbocycles. The van der Waals surface area contributed by atoms with Crippen molar-refractivity contribution < 1.29 is 40.2 Å². The SMILES string of the molecule is CNC(=O)c1nn(COCC[Si](C)(C)C)c2cc(-c3cc(F)c(OC)cc3CC(F)(F)F)nc(NCc3nccnc3N(C)S(=O)(=O)c3ccccc3)c12. The summed E-state index contributed by atoms with van der Waals surface area (Å²) in [6, 6.07) is 11.8. The number of hydrogen-bond acceptors (Lipinski definition) is 10. The lowest BCUT2D eigenvalue weighted by atomic mass is 9.99. The summed E-state index contributed by atoms with van der Waals surface area (Å²) in [5, 5.41) is 10.3. The predicted molar refractivity (Wildman–Crippen MR) is 198 cm³/mol. The fourth-order valence-electron chi connectivity index (χ4n) is 5.50. The first-order chi connectivity index (χ1) is 25.4. The largest absolute Gasteiger partial charge is 0.494 e. The van der Waals surface area contributed by atoms with Gasteiger partial charge in [0, 0.05) is 46.7 Å². The monoisotopic (exact) mass is 788 g/mol. The van der Waals surface area contributed by atoms with Gasteiger partial charge in [-0.25, -0.2) is 27.5 Å². The van der Waals surface area contributed by atoms with E-state index >= 15 is 4.39 Å². The second-order valence-corrected chi connectivity index (χ2v) is 21.0. The normalized spacial score (nSPS) is 12.2. The van der Waals surface area contributed by atoms with Gasteiger partial charge in [0.05, 0.1) is 41.6 Å². The van der Waals surface area contributed by atoms with E-state index in [1.54, 1.807) is 18.2 Å². The number of nitrogens with zero attached hydrogens (tertiary/aromatic N) is 6. The Kier molecular flexibility index (Phi) is 11.9. The van der Waals surface area contributed by atoms with Crippen LogP contribution in [0.4, 0.5) is 29.2 Å². The number of aromatic nitrogens is 5. The molecule has 288 valence electrons.